The van der Waals surface area contributed by atoms with E-state index in [4.69, 9.17) is 21.1 Å². The van der Waals surface area contributed by atoms with Crippen molar-refractivity contribution in [3.8, 4) is 22.8 Å². The highest BCUT2D eigenvalue weighted by molar-refractivity contribution is 7.89. The number of nitrogens with one attached hydrogen (secondary N) is 3. The average molecular weight is 882 g/mol. The van der Waals surface area contributed by atoms with Gasteiger partial charge in [-0.2, -0.15) is 0 Å². The lowest BCUT2D eigenvalue weighted by Gasteiger charge is -2.29. The summed E-state index contributed by atoms with van der Waals surface area (Å²) < 4.78 is 119. The molecule has 320 valence electrons. The zero-order valence-corrected chi connectivity index (χ0v) is 33.3. The molecule has 2 aliphatic rings. The van der Waals surface area contributed by atoms with E-state index in [9.17, 15) is 34.8 Å². The molecule has 0 atom stereocenters. The van der Waals surface area contributed by atoms with Crippen molar-refractivity contribution < 1.29 is 53.7 Å². The summed E-state index contributed by atoms with van der Waals surface area (Å²) in [6.45, 7) is 5.33. The molecule has 2 aliphatic heterocycles. The fourth-order valence-corrected chi connectivity index (χ4v) is 6.92. The summed E-state index contributed by atoms with van der Waals surface area (Å²) in [5, 5.41) is 6.46. The molecule has 2 aromatic heterocycles. The van der Waals surface area contributed by atoms with Gasteiger partial charge in [0.2, 0.25) is 10.0 Å². The first-order valence-corrected chi connectivity index (χ1v) is 20.0. The minimum absolute atomic E-state index is 0.132. The highest BCUT2D eigenvalue weighted by atomic mass is 35.5. The number of hydrogen-bond donors (Lipinski definition) is 3. The van der Waals surface area contributed by atoms with Crippen LogP contribution >= 0.6 is 11.6 Å². The molecule has 0 aliphatic carbocycles. The first kappa shape index (κ1) is 44.0. The Bertz CT molecular complexity index is 2300. The van der Waals surface area contributed by atoms with Gasteiger partial charge in [0.1, 0.15) is 28.3 Å². The lowest BCUT2D eigenvalue weighted by Crippen LogP contribution is -2.36. The maximum atomic E-state index is 12.4. The van der Waals surface area contributed by atoms with Crippen LogP contribution in [-0.4, -0.2) is 90.8 Å². The van der Waals surface area contributed by atoms with Crippen LogP contribution < -0.4 is 34.6 Å². The summed E-state index contributed by atoms with van der Waals surface area (Å²) in [4.78, 5) is 13.2. The number of hydrogen-bond acceptors (Lipinski definition) is 12. The fourth-order valence-electron chi connectivity index (χ4n) is 5.98. The van der Waals surface area contributed by atoms with Crippen LogP contribution in [0.3, 0.4) is 0 Å². The maximum absolute atomic E-state index is 12.4. The van der Waals surface area contributed by atoms with Crippen molar-refractivity contribution in [1.82, 2.24) is 14.7 Å². The normalized spacial score (nSPS) is 14.8. The van der Waals surface area contributed by atoms with Crippen molar-refractivity contribution in [3.63, 3.8) is 0 Å². The van der Waals surface area contributed by atoms with Crippen LogP contribution in [-0.2, 0) is 19.5 Å². The van der Waals surface area contributed by atoms with E-state index in [-0.39, 0.29) is 16.4 Å². The van der Waals surface area contributed by atoms with Crippen LogP contribution in [0.25, 0.3) is 11.3 Å². The molecule has 0 bridgehead atoms. The van der Waals surface area contributed by atoms with Gasteiger partial charge in [0.15, 0.2) is 0 Å². The third-order valence-electron chi connectivity index (χ3n) is 8.79. The van der Waals surface area contributed by atoms with Crippen LogP contribution in [0.15, 0.2) is 102 Å². The van der Waals surface area contributed by atoms with Gasteiger partial charge in [0.25, 0.3) is 0 Å². The van der Waals surface area contributed by atoms with Crippen molar-refractivity contribution in [1.29, 1.82) is 0 Å². The fraction of sp³-hybridized carbons (Fsp3) is 0.282. The lowest BCUT2D eigenvalue weighted by atomic mass is 10.1. The Labute approximate surface area is 346 Å². The van der Waals surface area contributed by atoms with Gasteiger partial charge in [-0.25, -0.2) is 23.1 Å². The van der Waals surface area contributed by atoms with E-state index in [1.165, 1.54) is 67.7 Å². The molecule has 3 N–H and O–H groups in total. The predicted molar refractivity (Wildman–Crippen MR) is 214 cm³/mol. The van der Waals surface area contributed by atoms with Crippen molar-refractivity contribution in [2.45, 2.75) is 17.6 Å². The van der Waals surface area contributed by atoms with Crippen molar-refractivity contribution >= 4 is 56.0 Å². The summed E-state index contributed by atoms with van der Waals surface area (Å²) >= 11 is 6.08. The molecule has 60 heavy (non-hydrogen) atoms. The lowest BCUT2D eigenvalue weighted by molar-refractivity contribution is -0.275. The molecular formula is C39H38ClF6N7O6S. The van der Waals surface area contributed by atoms with E-state index in [1.807, 2.05) is 18.2 Å². The van der Waals surface area contributed by atoms with Gasteiger partial charge in [-0.3, -0.25) is 0 Å². The second-order valence-corrected chi connectivity index (χ2v) is 15.2. The zero-order chi connectivity index (χ0) is 42.9. The average Bonchev–Trinajstić information content (AvgIpc) is 3.22. The number of rotatable bonds is 11. The third kappa shape index (κ3) is 13.0. The van der Waals surface area contributed by atoms with Gasteiger partial charge in [-0.15, -0.1) is 26.3 Å². The van der Waals surface area contributed by atoms with E-state index in [1.54, 1.807) is 18.2 Å². The zero-order valence-electron chi connectivity index (χ0n) is 31.7. The predicted octanol–water partition coefficient (Wildman–Crippen LogP) is 8.35. The molecule has 7 rings (SSSR count). The Morgan fingerprint density at radius 1 is 0.633 bits per heavy atom. The van der Waals surface area contributed by atoms with Gasteiger partial charge in [0, 0.05) is 66.6 Å². The molecule has 3 aromatic carbocycles. The minimum Gasteiger partial charge on any atom is -0.406 e. The van der Waals surface area contributed by atoms with Crippen molar-refractivity contribution in [3.05, 3.63) is 102 Å². The van der Waals surface area contributed by atoms with Gasteiger partial charge in [-0.1, -0.05) is 23.7 Å². The van der Waals surface area contributed by atoms with Crippen LogP contribution in [0, 0.1) is 0 Å². The van der Waals surface area contributed by atoms with Crippen LogP contribution in [0.1, 0.15) is 0 Å². The van der Waals surface area contributed by atoms with E-state index in [0.717, 1.165) is 24.5 Å². The Balaban J connectivity index is 0.000000213. The molecule has 21 heteroatoms. The maximum Gasteiger partial charge on any atom is 0.573 e. The number of alkyl halides is 6. The van der Waals surface area contributed by atoms with Gasteiger partial charge in [0.05, 0.1) is 37.0 Å². The summed E-state index contributed by atoms with van der Waals surface area (Å²) in [6.07, 6.45) is -9.48. The molecular weight excluding hydrogens is 844 g/mol. The first-order chi connectivity index (χ1) is 28.5. The molecule has 0 spiro atoms. The van der Waals surface area contributed by atoms with Gasteiger partial charge < -0.3 is 39.4 Å². The molecule has 0 radical (unpaired) electrons. The monoisotopic (exact) mass is 881 g/mol. The topological polar surface area (TPSA) is 139 Å². The minimum atomic E-state index is -4.76. The molecule has 4 heterocycles. The number of anilines is 6. The number of morpholine rings is 2. The third-order valence-corrected chi connectivity index (χ3v) is 10.4. The molecule has 0 saturated carbocycles. The SMILES string of the molecule is CNS(=O)(=O)c1ccc(-c2cc(N3CCOCC3)cc(Nc3ccc(OC(F)(F)F)cc3)n2)cc1.FC(F)(F)Oc1ccc(Nc2cc(N3CCOCC3)cc(Cl)n2)cc1. The standard InChI is InChI=1S/C23H23F3N4O4S.C16H15ClF3N3O2/c1-27-35(31,32)20-8-2-16(3-9-20)21-14-18(30-10-12-33-13-11-30)15-22(29-21)28-17-4-6-19(7-5-17)34-23(24,25)26;17-14-9-12(23-5-7-24-8-6-23)10-15(22-14)21-11-1-3-13(4-2-11)25-16(18,19)20/h2-9,14-15,27H,10-13H2,1H3,(H,28,29);1-4,9-10H,5-8H2,(H,21,22). The Morgan fingerprint density at radius 2 is 1.07 bits per heavy atom. The number of sulfonamides is 1. The highest BCUT2D eigenvalue weighted by Crippen LogP contribution is 2.32. The quantitative estimate of drug-likeness (QED) is 0.0868. The second-order valence-electron chi connectivity index (χ2n) is 13.0. The smallest absolute Gasteiger partial charge is 0.406 e. The molecule has 0 amide bonds. The van der Waals surface area contributed by atoms with E-state index < -0.39 is 22.7 Å². The molecule has 2 saturated heterocycles. The summed E-state index contributed by atoms with van der Waals surface area (Å²) in [6, 6.07) is 24.4. The van der Waals surface area contributed by atoms with Gasteiger partial charge in [-0.05, 0) is 79.8 Å². The molecule has 0 unspecified atom stereocenters. The van der Waals surface area contributed by atoms with Crippen LogP contribution in [0.4, 0.5) is 60.7 Å². The van der Waals surface area contributed by atoms with E-state index >= 15 is 0 Å². The van der Waals surface area contributed by atoms with Crippen molar-refractivity contribution in [2.75, 3.05) is 80.1 Å². The van der Waals surface area contributed by atoms with E-state index in [0.29, 0.717) is 78.9 Å². The first-order valence-electron chi connectivity index (χ1n) is 18.2. The van der Waals surface area contributed by atoms with Crippen molar-refractivity contribution in [2.24, 2.45) is 0 Å². The Hall–Kier alpha value is -5.54. The van der Waals surface area contributed by atoms with Crippen LogP contribution in [0.2, 0.25) is 5.15 Å². The number of aromatic nitrogens is 2. The summed E-state index contributed by atoms with van der Waals surface area (Å²) in [7, 11) is -2.23. The molecule has 13 nitrogen and oxygen atoms in total. The molecule has 5 aromatic rings. The summed E-state index contributed by atoms with van der Waals surface area (Å²) in [5.74, 6) is 0.361. The number of nitrogens with zero attached hydrogens (tertiary/aromatic N) is 4. The number of halogens is 7. The molecule has 2 fully saturated rings. The second kappa shape index (κ2) is 19.2. The largest absolute Gasteiger partial charge is 0.573 e. The number of benzene rings is 3. The Morgan fingerprint density at radius 3 is 1.50 bits per heavy atom. The van der Waals surface area contributed by atoms with E-state index in [2.05, 4.69) is 44.6 Å². The summed E-state index contributed by atoms with van der Waals surface area (Å²) in [5.41, 5.74) is 4.17. The number of pyridine rings is 2. The Kier molecular flexibility index (Phi) is 14.1. The van der Waals surface area contributed by atoms with Gasteiger partial charge >= 0.3 is 12.7 Å². The number of ether oxygens (including phenoxy) is 4. The highest BCUT2D eigenvalue weighted by Gasteiger charge is 2.31. The van der Waals surface area contributed by atoms with Crippen LogP contribution in [0.5, 0.6) is 11.5 Å².